The zero-order chi connectivity index (χ0) is 13.5. The summed E-state index contributed by atoms with van der Waals surface area (Å²) in [4.78, 5) is 22.4. The number of aliphatic carboxylic acids is 1. The van der Waals surface area contributed by atoms with Crippen LogP contribution in [0.5, 0.6) is 0 Å². The number of amides is 1. The van der Waals surface area contributed by atoms with Crippen LogP contribution in [-0.2, 0) is 9.59 Å². The van der Waals surface area contributed by atoms with Crippen molar-refractivity contribution >= 4 is 11.9 Å². The minimum atomic E-state index is -1.03. The van der Waals surface area contributed by atoms with E-state index in [0.29, 0.717) is 6.42 Å². The molecule has 5 heteroatoms. The van der Waals surface area contributed by atoms with E-state index in [-0.39, 0.29) is 12.3 Å². The Hall–Kier alpha value is -1.88. The highest BCUT2D eigenvalue weighted by Crippen LogP contribution is 2.13. The van der Waals surface area contributed by atoms with Crippen LogP contribution >= 0.6 is 0 Å². The Morgan fingerprint density at radius 2 is 1.94 bits per heavy atom. The maximum Gasteiger partial charge on any atom is 0.326 e. The van der Waals surface area contributed by atoms with Crippen LogP contribution < -0.4 is 11.1 Å². The first-order valence-electron chi connectivity index (χ1n) is 5.87. The molecule has 1 rings (SSSR count). The van der Waals surface area contributed by atoms with E-state index in [9.17, 15) is 9.59 Å². The highest BCUT2D eigenvalue weighted by molar-refractivity contribution is 5.83. The molecule has 98 valence electrons. The average Bonchev–Trinajstić information content (AvgIpc) is 2.36. The largest absolute Gasteiger partial charge is 0.480 e. The summed E-state index contributed by atoms with van der Waals surface area (Å²) >= 11 is 0. The first kappa shape index (κ1) is 14.2. The van der Waals surface area contributed by atoms with E-state index < -0.39 is 18.1 Å². The van der Waals surface area contributed by atoms with Crippen LogP contribution in [0.3, 0.4) is 0 Å². The van der Waals surface area contributed by atoms with E-state index in [2.05, 4.69) is 5.32 Å². The summed E-state index contributed by atoms with van der Waals surface area (Å²) in [7, 11) is 0. The van der Waals surface area contributed by atoms with Gasteiger partial charge in [-0.15, -0.1) is 0 Å². The van der Waals surface area contributed by atoms with Crippen molar-refractivity contribution in [1.29, 1.82) is 0 Å². The van der Waals surface area contributed by atoms with Crippen LogP contribution in [0.2, 0.25) is 0 Å². The Kier molecular flexibility index (Phi) is 5.32. The molecule has 5 nitrogen and oxygen atoms in total. The van der Waals surface area contributed by atoms with Gasteiger partial charge in [-0.25, -0.2) is 4.79 Å². The molecule has 0 fully saturated rings. The molecule has 0 aliphatic heterocycles. The molecule has 2 unspecified atom stereocenters. The fraction of sp³-hybridized carbons (Fsp3) is 0.385. The number of carbonyl (C=O) groups is 2. The monoisotopic (exact) mass is 250 g/mol. The second-order valence-corrected chi connectivity index (χ2v) is 4.09. The van der Waals surface area contributed by atoms with Gasteiger partial charge >= 0.3 is 5.97 Å². The molecular formula is C13H18N2O3. The number of nitrogens with one attached hydrogen (secondary N) is 1. The number of carboxylic acid groups (broad SMARTS) is 1. The molecule has 4 N–H and O–H groups in total. The van der Waals surface area contributed by atoms with Crippen molar-refractivity contribution in [3.63, 3.8) is 0 Å². The van der Waals surface area contributed by atoms with Crippen molar-refractivity contribution in [3.05, 3.63) is 35.9 Å². The first-order chi connectivity index (χ1) is 8.54. The van der Waals surface area contributed by atoms with Crippen LogP contribution in [0, 0.1) is 0 Å². The van der Waals surface area contributed by atoms with E-state index in [1.165, 1.54) is 0 Å². The van der Waals surface area contributed by atoms with E-state index in [1.807, 2.05) is 30.3 Å². The van der Waals surface area contributed by atoms with Crippen molar-refractivity contribution in [3.8, 4) is 0 Å². The number of hydrogen-bond acceptors (Lipinski definition) is 3. The van der Waals surface area contributed by atoms with E-state index in [1.54, 1.807) is 6.92 Å². The van der Waals surface area contributed by atoms with Gasteiger partial charge in [0.05, 0.1) is 0 Å². The van der Waals surface area contributed by atoms with Gasteiger partial charge in [0.25, 0.3) is 0 Å². The second kappa shape index (κ2) is 6.76. The van der Waals surface area contributed by atoms with E-state index in [4.69, 9.17) is 10.8 Å². The predicted molar refractivity (Wildman–Crippen MR) is 67.8 cm³/mol. The topological polar surface area (TPSA) is 92.4 Å². The van der Waals surface area contributed by atoms with Gasteiger partial charge in [-0.05, 0) is 12.0 Å². The van der Waals surface area contributed by atoms with E-state index >= 15 is 0 Å². The molecule has 1 aromatic rings. The van der Waals surface area contributed by atoms with Crippen LogP contribution in [0.15, 0.2) is 30.3 Å². The average molecular weight is 250 g/mol. The zero-order valence-corrected chi connectivity index (χ0v) is 10.3. The van der Waals surface area contributed by atoms with Gasteiger partial charge in [-0.3, -0.25) is 4.79 Å². The molecule has 0 radical (unpaired) electrons. The predicted octanol–water partition coefficient (Wildman–Crippen LogP) is 1.06. The molecule has 0 aromatic heterocycles. The molecular weight excluding hydrogens is 232 g/mol. The Labute approximate surface area is 106 Å². The fourth-order valence-electron chi connectivity index (χ4n) is 1.61. The summed E-state index contributed by atoms with van der Waals surface area (Å²) in [5.74, 6) is -1.38. The van der Waals surface area contributed by atoms with Crippen molar-refractivity contribution < 1.29 is 14.7 Å². The highest BCUT2D eigenvalue weighted by Gasteiger charge is 2.19. The van der Waals surface area contributed by atoms with Gasteiger partial charge in [-0.1, -0.05) is 37.3 Å². The molecule has 0 saturated heterocycles. The number of carbonyl (C=O) groups excluding carboxylic acids is 1. The lowest BCUT2D eigenvalue weighted by atomic mass is 10.0. The summed E-state index contributed by atoms with van der Waals surface area (Å²) in [6.45, 7) is 1.70. The molecule has 1 aromatic carbocycles. The van der Waals surface area contributed by atoms with Gasteiger partial charge < -0.3 is 16.2 Å². The third kappa shape index (κ3) is 4.18. The maximum absolute atomic E-state index is 11.6. The van der Waals surface area contributed by atoms with Gasteiger partial charge in [0.1, 0.15) is 6.04 Å². The Morgan fingerprint density at radius 3 is 2.44 bits per heavy atom. The maximum atomic E-state index is 11.6. The molecule has 0 saturated carbocycles. The molecule has 0 spiro atoms. The third-order valence-electron chi connectivity index (χ3n) is 2.67. The summed E-state index contributed by atoms with van der Waals surface area (Å²) in [5.41, 5.74) is 6.74. The van der Waals surface area contributed by atoms with Gasteiger partial charge in [0.2, 0.25) is 5.91 Å². The third-order valence-corrected chi connectivity index (χ3v) is 2.67. The lowest BCUT2D eigenvalue weighted by molar-refractivity contribution is -0.141. The molecule has 2 atom stereocenters. The van der Waals surface area contributed by atoms with Crippen LogP contribution in [0.25, 0.3) is 0 Å². The Bertz CT molecular complexity index is 406. The molecule has 0 aliphatic rings. The summed E-state index contributed by atoms with van der Waals surface area (Å²) in [6, 6.07) is 7.98. The number of carboxylic acids is 1. The normalized spacial score (nSPS) is 13.7. The van der Waals surface area contributed by atoms with E-state index in [0.717, 1.165) is 5.56 Å². The van der Waals surface area contributed by atoms with Gasteiger partial charge in [0.15, 0.2) is 0 Å². The summed E-state index contributed by atoms with van der Waals surface area (Å²) in [5, 5.41) is 11.3. The van der Waals surface area contributed by atoms with Crippen molar-refractivity contribution in [1.82, 2.24) is 5.32 Å². The molecule has 0 aliphatic carbocycles. The van der Waals surface area contributed by atoms with Crippen molar-refractivity contribution in [2.45, 2.75) is 31.8 Å². The summed E-state index contributed by atoms with van der Waals surface area (Å²) < 4.78 is 0. The molecule has 0 bridgehead atoms. The second-order valence-electron chi connectivity index (χ2n) is 4.09. The van der Waals surface area contributed by atoms with Crippen LogP contribution in [0.1, 0.15) is 31.4 Å². The fourth-order valence-corrected chi connectivity index (χ4v) is 1.61. The molecule has 0 heterocycles. The lowest BCUT2D eigenvalue weighted by Crippen LogP contribution is -2.41. The number of benzene rings is 1. The molecule has 18 heavy (non-hydrogen) atoms. The first-order valence-corrected chi connectivity index (χ1v) is 5.87. The minimum absolute atomic E-state index is 0.0772. The van der Waals surface area contributed by atoms with Crippen molar-refractivity contribution in [2.24, 2.45) is 5.73 Å². The zero-order valence-electron chi connectivity index (χ0n) is 10.3. The molecule has 1 amide bonds. The lowest BCUT2D eigenvalue weighted by Gasteiger charge is -2.15. The summed E-state index contributed by atoms with van der Waals surface area (Å²) in [6.07, 6.45) is 0.426. The van der Waals surface area contributed by atoms with Gasteiger partial charge in [0, 0.05) is 12.5 Å². The quantitative estimate of drug-likeness (QED) is 0.703. The highest BCUT2D eigenvalue weighted by atomic mass is 16.4. The SMILES string of the molecule is CCC(NC(=O)CC(N)c1ccccc1)C(=O)O. The van der Waals surface area contributed by atoms with Crippen LogP contribution in [-0.4, -0.2) is 23.0 Å². The Balaban J connectivity index is 2.52. The Morgan fingerprint density at radius 1 is 1.33 bits per heavy atom. The van der Waals surface area contributed by atoms with Crippen LogP contribution in [0.4, 0.5) is 0 Å². The minimum Gasteiger partial charge on any atom is -0.480 e. The smallest absolute Gasteiger partial charge is 0.326 e. The standard InChI is InChI=1S/C13H18N2O3/c1-2-11(13(17)18)15-12(16)8-10(14)9-6-4-3-5-7-9/h3-7,10-11H,2,8,14H2,1H3,(H,15,16)(H,17,18). The van der Waals surface area contributed by atoms with Gasteiger partial charge in [-0.2, -0.15) is 0 Å². The number of hydrogen-bond donors (Lipinski definition) is 3. The number of nitrogens with two attached hydrogens (primary N) is 1. The van der Waals surface area contributed by atoms with Crippen molar-refractivity contribution in [2.75, 3.05) is 0 Å². The number of rotatable bonds is 6.